The highest BCUT2D eigenvalue weighted by Gasteiger charge is 2.09. The first kappa shape index (κ1) is 11.2. The van der Waals surface area contributed by atoms with Crippen LogP contribution in [0.1, 0.15) is 34.1 Å². The predicted molar refractivity (Wildman–Crippen MR) is 51.9 cm³/mol. The number of carbonyl (C=O) groups is 1. The Kier molecular flexibility index (Phi) is 4.64. The average Bonchev–Trinajstić information content (AvgIpc) is 1.84. The van der Waals surface area contributed by atoms with E-state index in [2.05, 4.69) is 11.9 Å². The van der Waals surface area contributed by atoms with Crippen LogP contribution in [0.15, 0.2) is 12.2 Å². The molecule has 0 aliphatic rings. The molecule has 0 aliphatic heterocycles. The van der Waals surface area contributed by atoms with Gasteiger partial charge in [0.15, 0.2) is 0 Å². The van der Waals surface area contributed by atoms with E-state index in [1.807, 2.05) is 27.7 Å². The van der Waals surface area contributed by atoms with Gasteiger partial charge in [0.25, 0.3) is 0 Å². The Morgan fingerprint density at radius 2 is 1.92 bits per heavy atom. The highest BCUT2D eigenvalue weighted by atomic mass is 16.1. The molecule has 1 atom stereocenters. The zero-order valence-corrected chi connectivity index (χ0v) is 8.48. The molecule has 0 aromatic rings. The topological polar surface area (TPSA) is 29.1 Å². The van der Waals surface area contributed by atoms with E-state index in [1.54, 1.807) is 0 Å². The van der Waals surface area contributed by atoms with Crippen LogP contribution in [0.5, 0.6) is 0 Å². The molecule has 1 amide bonds. The molecular weight excluding hydrogens is 150 g/mol. The van der Waals surface area contributed by atoms with E-state index in [1.165, 1.54) is 0 Å². The molecule has 0 heterocycles. The van der Waals surface area contributed by atoms with Crippen LogP contribution in [0.4, 0.5) is 0 Å². The smallest absolute Gasteiger partial charge is 0.222 e. The largest absolute Gasteiger partial charge is 0.353 e. The van der Waals surface area contributed by atoms with Gasteiger partial charge in [0.05, 0.1) is 0 Å². The van der Waals surface area contributed by atoms with Gasteiger partial charge in [-0.25, -0.2) is 0 Å². The molecule has 0 saturated carbocycles. The van der Waals surface area contributed by atoms with E-state index >= 15 is 0 Å². The van der Waals surface area contributed by atoms with E-state index in [4.69, 9.17) is 0 Å². The number of nitrogens with one attached hydrogen (secondary N) is 1. The molecule has 0 saturated heterocycles. The van der Waals surface area contributed by atoms with Gasteiger partial charge in [0.2, 0.25) is 5.91 Å². The normalized spacial score (nSPS) is 12.8. The summed E-state index contributed by atoms with van der Waals surface area (Å²) >= 11 is 0. The predicted octanol–water partition coefficient (Wildman–Crippen LogP) is 2.11. The molecule has 2 heteroatoms. The molecule has 0 radical (unpaired) electrons. The van der Waals surface area contributed by atoms with Crippen molar-refractivity contribution < 1.29 is 4.79 Å². The summed E-state index contributed by atoms with van der Waals surface area (Å²) < 4.78 is 0. The van der Waals surface area contributed by atoms with Gasteiger partial charge >= 0.3 is 0 Å². The molecule has 0 bridgehead atoms. The lowest BCUT2D eigenvalue weighted by atomic mass is 10.1. The summed E-state index contributed by atoms with van der Waals surface area (Å²) in [6.07, 6.45) is 0.860. The van der Waals surface area contributed by atoms with Gasteiger partial charge in [-0.1, -0.05) is 19.4 Å². The molecule has 0 aliphatic carbocycles. The van der Waals surface area contributed by atoms with E-state index < -0.39 is 0 Å². The molecule has 70 valence electrons. The number of rotatable bonds is 4. The van der Waals surface area contributed by atoms with Gasteiger partial charge in [-0.2, -0.15) is 0 Å². The Hall–Kier alpha value is -0.790. The van der Waals surface area contributed by atoms with Gasteiger partial charge in [0, 0.05) is 12.0 Å². The van der Waals surface area contributed by atoms with Crippen LogP contribution in [-0.4, -0.2) is 11.9 Å². The Balaban J connectivity index is 3.76. The minimum atomic E-state index is 0.0672. The third kappa shape index (κ3) is 4.94. The van der Waals surface area contributed by atoms with Crippen molar-refractivity contribution >= 4 is 5.91 Å². The average molecular weight is 169 g/mol. The third-order valence-electron chi connectivity index (χ3n) is 1.57. The molecule has 0 rings (SSSR count). The molecule has 1 N–H and O–H groups in total. The lowest BCUT2D eigenvalue weighted by Crippen LogP contribution is -2.35. The molecule has 1 unspecified atom stereocenters. The summed E-state index contributed by atoms with van der Waals surface area (Å²) in [4.78, 5) is 11.2. The number of carbonyl (C=O) groups excluding carboxylic acids is 1. The minimum absolute atomic E-state index is 0.0672. The van der Waals surface area contributed by atoms with Crippen LogP contribution in [0, 0.1) is 5.92 Å². The second-order valence-electron chi connectivity index (χ2n) is 3.73. The van der Waals surface area contributed by atoms with Crippen molar-refractivity contribution in [2.75, 3.05) is 0 Å². The van der Waals surface area contributed by atoms with Gasteiger partial charge < -0.3 is 5.32 Å². The fourth-order valence-electron chi connectivity index (χ4n) is 0.983. The first-order valence-electron chi connectivity index (χ1n) is 4.38. The van der Waals surface area contributed by atoms with Crippen LogP contribution >= 0.6 is 0 Å². The number of hydrogen-bond acceptors (Lipinski definition) is 1. The number of amides is 1. The van der Waals surface area contributed by atoms with Crippen molar-refractivity contribution in [3.8, 4) is 0 Å². The first-order valence-corrected chi connectivity index (χ1v) is 4.38. The quantitative estimate of drug-likeness (QED) is 0.642. The summed E-state index contributed by atoms with van der Waals surface area (Å²) in [6.45, 7) is 11.5. The fraction of sp³-hybridized carbons (Fsp3) is 0.700. The van der Waals surface area contributed by atoms with Crippen LogP contribution in [0.2, 0.25) is 0 Å². The standard InChI is InChI=1S/C10H19NO/c1-7(2)6-9(5)11-10(12)8(3)4/h8-9H,1,6H2,2-5H3,(H,11,12). The Labute approximate surface area is 75.0 Å². The summed E-state index contributed by atoms with van der Waals surface area (Å²) in [6, 6.07) is 0.206. The second kappa shape index (κ2) is 4.96. The Morgan fingerprint density at radius 3 is 2.25 bits per heavy atom. The maximum absolute atomic E-state index is 11.2. The zero-order valence-electron chi connectivity index (χ0n) is 8.48. The summed E-state index contributed by atoms with van der Waals surface area (Å²) in [7, 11) is 0. The van der Waals surface area contributed by atoms with Crippen molar-refractivity contribution in [2.45, 2.75) is 40.2 Å². The fourth-order valence-corrected chi connectivity index (χ4v) is 0.983. The zero-order chi connectivity index (χ0) is 9.72. The maximum atomic E-state index is 11.2. The van der Waals surface area contributed by atoms with E-state index in [9.17, 15) is 4.79 Å². The molecule has 0 aromatic heterocycles. The van der Waals surface area contributed by atoms with Crippen molar-refractivity contribution in [3.63, 3.8) is 0 Å². The highest BCUT2D eigenvalue weighted by molar-refractivity contribution is 5.78. The minimum Gasteiger partial charge on any atom is -0.353 e. The van der Waals surface area contributed by atoms with Crippen LogP contribution in [-0.2, 0) is 4.79 Å². The van der Waals surface area contributed by atoms with Crippen molar-refractivity contribution in [1.82, 2.24) is 5.32 Å². The van der Waals surface area contributed by atoms with E-state index in [0.29, 0.717) is 0 Å². The lowest BCUT2D eigenvalue weighted by Gasteiger charge is -2.15. The van der Waals surface area contributed by atoms with Gasteiger partial charge in [0.1, 0.15) is 0 Å². The van der Waals surface area contributed by atoms with Gasteiger partial charge in [-0.3, -0.25) is 4.79 Å². The van der Waals surface area contributed by atoms with Gasteiger partial charge in [-0.05, 0) is 20.3 Å². The molecule has 12 heavy (non-hydrogen) atoms. The van der Waals surface area contributed by atoms with Crippen molar-refractivity contribution in [1.29, 1.82) is 0 Å². The first-order chi connectivity index (χ1) is 5.43. The summed E-state index contributed by atoms with van der Waals surface area (Å²) in [5.74, 6) is 0.182. The summed E-state index contributed by atoms with van der Waals surface area (Å²) in [5.41, 5.74) is 1.10. The van der Waals surface area contributed by atoms with Crippen LogP contribution in [0.25, 0.3) is 0 Å². The second-order valence-corrected chi connectivity index (χ2v) is 3.73. The monoisotopic (exact) mass is 169 g/mol. The molecule has 0 spiro atoms. The lowest BCUT2D eigenvalue weighted by molar-refractivity contribution is -0.124. The molecular formula is C10H19NO. The molecule has 0 fully saturated rings. The molecule has 2 nitrogen and oxygen atoms in total. The van der Waals surface area contributed by atoms with E-state index in [0.717, 1.165) is 12.0 Å². The van der Waals surface area contributed by atoms with Crippen LogP contribution in [0.3, 0.4) is 0 Å². The van der Waals surface area contributed by atoms with Crippen molar-refractivity contribution in [2.24, 2.45) is 5.92 Å². The van der Waals surface area contributed by atoms with Crippen LogP contribution < -0.4 is 5.32 Å². The number of hydrogen-bond donors (Lipinski definition) is 1. The molecule has 0 aromatic carbocycles. The Bertz CT molecular complexity index is 173. The van der Waals surface area contributed by atoms with Crippen molar-refractivity contribution in [3.05, 3.63) is 12.2 Å². The summed E-state index contributed by atoms with van der Waals surface area (Å²) in [5, 5.41) is 2.91. The van der Waals surface area contributed by atoms with E-state index in [-0.39, 0.29) is 17.9 Å². The van der Waals surface area contributed by atoms with Gasteiger partial charge in [-0.15, -0.1) is 6.58 Å². The SMILES string of the molecule is C=C(C)CC(C)NC(=O)C(C)C. The third-order valence-corrected chi connectivity index (χ3v) is 1.57. The highest BCUT2D eigenvalue weighted by Crippen LogP contribution is 2.02. The Morgan fingerprint density at radius 1 is 1.42 bits per heavy atom. The maximum Gasteiger partial charge on any atom is 0.222 e.